The molecule has 0 radical (unpaired) electrons. The minimum Gasteiger partial charge on any atom is -0.282 e. The van der Waals surface area contributed by atoms with Crippen LogP contribution in [0.1, 0.15) is 23.1 Å². The number of benzene rings is 1. The fraction of sp³-hybridized carbons (Fsp3) is 0.222. The second-order valence-corrected chi connectivity index (χ2v) is 7.58. The smallest absolute Gasteiger partial charge is 0.267 e. The SMILES string of the molecule is C=CCN1C(=O)/C(=C/c2ccc(CC)cc2)S/C1=N/c1nnc(C)s1. The Labute approximate surface area is 155 Å². The average molecular weight is 371 g/mol. The molecule has 1 aromatic heterocycles. The van der Waals surface area contributed by atoms with Crippen LogP contribution in [0.4, 0.5) is 5.13 Å². The number of carbonyl (C=O) groups excluding carboxylic acids is 1. The third-order valence-corrected chi connectivity index (χ3v) is 5.33. The predicted octanol–water partition coefficient (Wildman–Crippen LogP) is 4.20. The van der Waals surface area contributed by atoms with E-state index in [2.05, 4.69) is 40.8 Å². The Hall–Kier alpha value is -2.25. The predicted molar refractivity (Wildman–Crippen MR) is 105 cm³/mol. The molecular formula is C18H18N4OS2. The summed E-state index contributed by atoms with van der Waals surface area (Å²) in [4.78, 5) is 19.5. The zero-order valence-corrected chi connectivity index (χ0v) is 15.7. The lowest BCUT2D eigenvalue weighted by Crippen LogP contribution is -2.29. The highest BCUT2D eigenvalue weighted by Crippen LogP contribution is 2.34. The van der Waals surface area contributed by atoms with Gasteiger partial charge in [-0.1, -0.05) is 48.6 Å². The number of aliphatic imine (C=N–C) groups is 1. The Morgan fingerprint density at radius 1 is 1.28 bits per heavy atom. The normalized spacial score (nSPS) is 17.7. The fourth-order valence-electron chi connectivity index (χ4n) is 2.30. The van der Waals surface area contributed by atoms with Gasteiger partial charge in [0.2, 0.25) is 5.13 Å². The molecule has 128 valence electrons. The zero-order chi connectivity index (χ0) is 17.8. The molecule has 0 spiro atoms. The largest absolute Gasteiger partial charge is 0.282 e. The van der Waals surface area contributed by atoms with Crippen molar-refractivity contribution in [1.82, 2.24) is 15.1 Å². The van der Waals surface area contributed by atoms with Crippen LogP contribution in [0.25, 0.3) is 6.08 Å². The topological polar surface area (TPSA) is 58.5 Å². The lowest BCUT2D eigenvalue weighted by Gasteiger charge is -2.11. The molecular weight excluding hydrogens is 352 g/mol. The highest BCUT2D eigenvalue weighted by Gasteiger charge is 2.32. The quantitative estimate of drug-likeness (QED) is 0.585. The highest BCUT2D eigenvalue weighted by molar-refractivity contribution is 8.18. The first-order valence-corrected chi connectivity index (χ1v) is 9.54. The average Bonchev–Trinajstić information content (AvgIpc) is 3.14. The van der Waals surface area contributed by atoms with Crippen LogP contribution in [0.5, 0.6) is 0 Å². The molecule has 0 atom stereocenters. The number of hydrogen-bond donors (Lipinski definition) is 0. The molecule has 3 rings (SSSR count). The van der Waals surface area contributed by atoms with Crippen molar-refractivity contribution in [3.63, 3.8) is 0 Å². The van der Waals surface area contributed by atoms with E-state index in [9.17, 15) is 4.79 Å². The van der Waals surface area contributed by atoms with E-state index in [-0.39, 0.29) is 5.91 Å². The van der Waals surface area contributed by atoms with Gasteiger partial charge >= 0.3 is 0 Å². The van der Waals surface area contributed by atoms with Crippen molar-refractivity contribution >= 4 is 45.4 Å². The van der Waals surface area contributed by atoms with E-state index in [1.54, 1.807) is 11.0 Å². The maximum absolute atomic E-state index is 12.7. The molecule has 25 heavy (non-hydrogen) atoms. The molecule has 2 heterocycles. The third-order valence-electron chi connectivity index (χ3n) is 3.59. The minimum absolute atomic E-state index is 0.0653. The van der Waals surface area contributed by atoms with E-state index in [0.29, 0.717) is 21.7 Å². The van der Waals surface area contributed by atoms with Gasteiger partial charge in [-0.05, 0) is 42.3 Å². The molecule has 1 aliphatic rings. The lowest BCUT2D eigenvalue weighted by atomic mass is 10.1. The van der Waals surface area contributed by atoms with Crippen molar-refractivity contribution in [2.24, 2.45) is 4.99 Å². The van der Waals surface area contributed by atoms with Gasteiger partial charge < -0.3 is 0 Å². The number of amides is 1. The van der Waals surface area contributed by atoms with Crippen LogP contribution in [0.2, 0.25) is 0 Å². The van der Waals surface area contributed by atoms with E-state index in [1.165, 1.54) is 28.7 Å². The summed E-state index contributed by atoms with van der Waals surface area (Å²) in [6.07, 6.45) is 4.59. The first-order valence-electron chi connectivity index (χ1n) is 7.90. The van der Waals surface area contributed by atoms with E-state index in [0.717, 1.165) is 17.0 Å². The van der Waals surface area contributed by atoms with Crippen LogP contribution in [-0.2, 0) is 11.2 Å². The summed E-state index contributed by atoms with van der Waals surface area (Å²) in [5.74, 6) is -0.0653. The molecule has 7 heteroatoms. The van der Waals surface area contributed by atoms with Gasteiger partial charge in [0.05, 0.1) is 4.91 Å². The first-order chi connectivity index (χ1) is 12.1. The van der Waals surface area contributed by atoms with Gasteiger partial charge in [0.1, 0.15) is 5.01 Å². The summed E-state index contributed by atoms with van der Waals surface area (Å²) < 4.78 is 0. The molecule has 5 nitrogen and oxygen atoms in total. The third kappa shape index (κ3) is 4.05. The highest BCUT2D eigenvalue weighted by atomic mass is 32.2. The Kier molecular flexibility index (Phi) is 5.45. The molecule has 1 aliphatic heterocycles. The first kappa shape index (κ1) is 17.6. The standard InChI is InChI=1S/C18H18N4OS2/c1-4-10-22-16(23)15(11-14-8-6-13(5-2)7-9-14)25-18(22)19-17-21-20-12(3)24-17/h4,6-9,11H,1,5,10H2,2-3H3/b15-11-,19-18+. The van der Waals surface area contributed by atoms with Gasteiger partial charge in [-0.15, -0.1) is 16.8 Å². The van der Waals surface area contributed by atoms with E-state index < -0.39 is 0 Å². The van der Waals surface area contributed by atoms with Crippen LogP contribution in [-0.4, -0.2) is 32.7 Å². The van der Waals surface area contributed by atoms with Crippen LogP contribution in [0, 0.1) is 6.92 Å². The van der Waals surface area contributed by atoms with Crippen LogP contribution in [0.3, 0.4) is 0 Å². The molecule has 1 fully saturated rings. The van der Waals surface area contributed by atoms with Crippen molar-refractivity contribution < 1.29 is 4.79 Å². The van der Waals surface area contributed by atoms with Gasteiger partial charge in [-0.2, -0.15) is 4.99 Å². The summed E-state index contributed by atoms with van der Waals surface area (Å²) in [5.41, 5.74) is 2.27. The van der Waals surface area contributed by atoms with Crippen molar-refractivity contribution in [1.29, 1.82) is 0 Å². The molecule has 1 aromatic carbocycles. The van der Waals surface area contributed by atoms with Gasteiger partial charge in [0.25, 0.3) is 5.91 Å². The second kappa shape index (κ2) is 7.76. The Bertz CT molecular complexity index is 852. The number of hydrogen-bond acceptors (Lipinski definition) is 6. The summed E-state index contributed by atoms with van der Waals surface area (Å²) >= 11 is 2.75. The molecule has 0 N–H and O–H groups in total. The number of carbonyl (C=O) groups is 1. The Balaban J connectivity index is 1.90. The zero-order valence-electron chi connectivity index (χ0n) is 14.1. The number of nitrogens with zero attached hydrogens (tertiary/aromatic N) is 4. The van der Waals surface area contributed by atoms with Crippen molar-refractivity contribution in [3.8, 4) is 0 Å². The van der Waals surface area contributed by atoms with Crippen LogP contribution in [0.15, 0.2) is 46.8 Å². The molecule has 0 bridgehead atoms. The fourth-order valence-corrected chi connectivity index (χ4v) is 3.90. The van der Waals surface area contributed by atoms with E-state index >= 15 is 0 Å². The summed E-state index contributed by atoms with van der Waals surface area (Å²) in [7, 11) is 0. The van der Waals surface area contributed by atoms with Gasteiger partial charge in [-0.25, -0.2) is 0 Å². The molecule has 0 saturated carbocycles. The maximum atomic E-state index is 12.7. The van der Waals surface area contributed by atoms with E-state index in [4.69, 9.17) is 0 Å². The van der Waals surface area contributed by atoms with Crippen LogP contribution < -0.4 is 0 Å². The Morgan fingerprint density at radius 3 is 2.64 bits per heavy atom. The van der Waals surface area contributed by atoms with Crippen molar-refractivity contribution in [2.45, 2.75) is 20.3 Å². The summed E-state index contributed by atoms with van der Waals surface area (Å²) in [6.45, 7) is 8.14. The lowest BCUT2D eigenvalue weighted by molar-refractivity contribution is -0.121. The molecule has 0 aliphatic carbocycles. The number of rotatable bonds is 5. The van der Waals surface area contributed by atoms with E-state index in [1.807, 2.05) is 25.1 Å². The number of aromatic nitrogens is 2. The molecule has 0 unspecified atom stereocenters. The number of amidine groups is 1. The molecule has 1 saturated heterocycles. The second-order valence-electron chi connectivity index (χ2n) is 5.41. The summed E-state index contributed by atoms with van der Waals surface area (Å²) in [5, 5.41) is 9.98. The number of aryl methyl sites for hydroxylation is 2. The monoisotopic (exact) mass is 370 g/mol. The Morgan fingerprint density at radius 2 is 2.04 bits per heavy atom. The van der Waals surface area contributed by atoms with Crippen LogP contribution >= 0.6 is 23.1 Å². The van der Waals surface area contributed by atoms with Crippen molar-refractivity contribution in [3.05, 3.63) is 58.0 Å². The maximum Gasteiger partial charge on any atom is 0.267 e. The molecule has 2 aromatic rings. The van der Waals surface area contributed by atoms with Gasteiger partial charge in [0, 0.05) is 6.54 Å². The summed E-state index contributed by atoms with van der Waals surface area (Å²) in [6, 6.07) is 8.22. The van der Waals surface area contributed by atoms with Crippen molar-refractivity contribution in [2.75, 3.05) is 6.54 Å². The van der Waals surface area contributed by atoms with Gasteiger partial charge in [0.15, 0.2) is 5.17 Å². The minimum atomic E-state index is -0.0653. The molecule has 1 amide bonds. The van der Waals surface area contributed by atoms with Gasteiger partial charge in [-0.3, -0.25) is 9.69 Å². The number of thioether (sulfide) groups is 1.